The molecule has 0 spiro atoms. The summed E-state index contributed by atoms with van der Waals surface area (Å²) in [4.78, 5) is 20.9. The van der Waals surface area contributed by atoms with E-state index in [0.717, 1.165) is 10.8 Å². The van der Waals surface area contributed by atoms with E-state index < -0.39 is 5.97 Å². The number of phenolic OH excluding ortho intramolecular Hbond substituents is 1. The van der Waals surface area contributed by atoms with Gasteiger partial charge in [0.1, 0.15) is 17.3 Å². The van der Waals surface area contributed by atoms with Crippen LogP contribution in [0.1, 0.15) is 10.4 Å². The zero-order valence-electron chi connectivity index (χ0n) is 16.6. The Labute approximate surface area is 177 Å². The van der Waals surface area contributed by atoms with Gasteiger partial charge in [-0.15, -0.1) is 0 Å². The number of fused-ring (bicyclic) bond motifs is 2. The lowest BCUT2D eigenvalue weighted by Gasteiger charge is -2.12. The number of carbonyl (C=O) groups excluding carboxylic acids is 1. The molecule has 0 atom stereocenters. The van der Waals surface area contributed by atoms with E-state index in [9.17, 15) is 9.90 Å². The number of hydrogen-bond acceptors (Lipinski definition) is 6. The van der Waals surface area contributed by atoms with Gasteiger partial charge in [0.25, 0.3) is 0 Å². The topological polar surface area (TPSA) is 88.8 Å². The maximum absolute atomic E-state index is 12.0. The van der Waals surface area contributed by atoms with Crippen molar-refractivity contribution >= 4 is 33.9 Å². The second kappa shape index (κ2) is 7.46. The van der Waals surface area contributed by atoms with Gasteiger partial charge in [-0.2, -0.15) is 0 Å². The maximum atomic E-state index is 12.0. The Balaban J connectivity index is 1.73. The molecule has 0 aliphatic carbocycles. The third kappa shape index (κ3) is 3.22. The molecule has 2 aromatic heterocycles. The molecule has 5 rings (SSSR count). The fraction of sp³-hybridized carbons (Fsp3) is 0.0417. The number of hydrogen-bond donors (Lipinski definition) is 2. The monoisotopic (exact) mass is 410 g/mol. The average Bonchev–Trinajstić information content (AvgIpc) is 3.16. The number of benzene rings is 3. The first-order valence-corrected chi connectivity index (χ1v) is 9.64. The van der Waals surface area contributed by atoms with Crippen molar-refractivity contribution in [3.63, 3.8) is 0 Å². The molecular weight excluding hydrogens is 392 g/mol. The molecule has 0 aliphatic rings. The van der Waals surface area contributed by atoms with Crippen molar-refractivity contribution in [2.75, 3.05) is 12.4 Å². The van der Waals surface area contributed by atoms with Crippen LogP contribution in [0.3, 0.4) is 0 Å². The van der Waals surface area contributed by atoms with Gasteiger partial charge in [0.2, 0.25) is 0 Å². The molecule has 0 radical (unpaired) electrons. The van der Waals surface area contributed by atoms with E-state index in [1.54, 1.807) is 42.9 Å². The Morgan fingerprint density at radius 2 is 1.97 bits per heavy atom. The van der Waals surface area contributed by atoms with Gasteiger partial charge >= 0.3 is 5.97 Å². The normalized spacial score (nSPS) is 11.0. The van der Waals surface area contributed by atoms with Gasteiger partial charge in [0, 0.05) is 18.1 Å². The highest BCUT2D eigenvalue weighted by atomic mass is 16.5. The first-order valence-electron chi connectivity index (χ1n) is 9.64. The minimum absolute atomic E-state index is 0.126. The fourth-order valence-corrected chi connectivity index (χ4v) is 3.69. The molecule has 0 aliphatic heterocycles. The van der Waals surface area contributed by atoms with Gasteiger partial charge < -0.3 is 15.2 Å². The summed E-state index contributed by atoms with van der Waals surface area (Å²) in [5.41, 5.74) is 2.93. The van der Waals surface area contributed by atoms with Gasteiger partial charge in [-0.3, -0.25) is 9.38 Å². The van der Waals surface area contributed by atoms with Crippen molar-refractivity contribution in [2.45, 2.75) is 0 Å². The Hall–Kier alpha value is -4.39. The van der Waals surface area contributed by atoms with E-state index in [1.807, 2.05) is 40.8 Å². The quantitative estimate of drug-likeness (QED) is 0.414. The number of ether oxygens (including phenoxy) is 1. The lowest BCUT2D eigenvalue weighted by molar-refractivity contribution is 0.0601. The predicted molar refractivity (Wildman–Crippen MR) is 119 cm³/mol. The maximum Gasteiger partial charge on any atom is 0.337 e. The number of nitrogens with zero attached hydrogens (tertiary/aromatic N) is 3. The number of carbonyl (C=O) groups is 1. The summed E-state index contributed by atoms with van der Waals surface area (Å²) in [6, 6.07) is 18.4. The molecule has 0 bridgehead atoms. The van der Waals surface area contributed by atoms with Crippen molar-refractivity contribution in [2.24, 2.45) is 0 Å². The largest absolute Gasteiger partial charge is 0.507 e. The molecule has 0 unspecified atom stereocenters. The van der Waals surface area contributed by atoms with Gasteiger partial charge in [-0.25, -0.2) is 9.78 Å². The summed E-state index contributed by atoms with van der Waals surface area (Å²) in [5, 5.41) is 16.0. The summed E-state index contributed by atoms with van der Waals surface area (Å²) >= 11 is 0. The van der Waals surface area contributed by atoms with Gasteiger partial charge in [0.05, 0.1) is 24.4 Å². The van der Waals surface area contributed by atoms with Crippen LogP contribution >= 0.6 is 0 Å². The van der Waals surface area contributed by atoms with Crippen molar-refractivity contribution < 1.29 is 14.6 Å². The number of rotatable bonds is 4. The Bertz CT molecular complexity index is 1440. The second-order valence-corrected chi connectivity index (χ2v) is 6.99. The third-order valence-corrected chi connectivity index (χ3v) is 5.12. The first-order chi connectivity index (χ1) is 15.2. The molecule has 152 valence electrons. The van der Waals surface area contributed by atoms with Gasteiger partial charge in [-0.05, 0) is 35.0 Å². The van der Waals surface area contributed by atoms with E-state index in [2.05, 4.69) is 10.3 Å². The third-order valence-electron chi connectivity index (χ3n) is 5.12. The lowest BCUT2D eigenvalue weighted by Crippen LogP contribution is -2.03. The van der Waals surface area contributed by atoms with Crippen molar-refractivity contribution in [3.05, 3.63) is 84.8 Å². The highest BCUT2D eigenvalue weighted by Gasteiger charge is 2.20. The number of nitrogens with one attached hydrogen (secondary N) is 1. The minimum atomic E-state index is -0.419. The predicted octanol–water partition coefficient (Wildman–Crippen LogP) is 4.79. The first kappa shape index (κ1) is 18.6. The molecular formula is C24H18N4O3. The molecule has 3 aromatic carbocycles. The fourth-order valence-electron chi connectivity index (χ4n) is 3.69. The second-order valence-electron chi connectivity index (χ2n) is 6.99. The standard InChI is InChI=1S/C24H18N4O3/c1-31-24(30)16-6-4-7-17(13-16)26-23-22(27-20-14-25-11-12-28(20)23)21-18-8-3-2-5-15(18)9-10-19(21)29/h2-14,26,29H,1H3. The van der Waals surface area contributed by atoms with Crippen molar-refractivity contribution in [3.8, 4) is 17.0 Å². The van der Waals surface area contributed by atoms with Crippen LogP contribution in [0.2, 0.25) is 0 Å². The van der Waals surface area contributed by atoms with Crippen molar-refractivity contribution in [1.29, 1.82) is 0 Å². The van der Waals surface area contributed by atoms with Crippen LogP contribution in [-0.2, 0) is 4.74 Å². The minimum Gasteiger partial charge on any atom is -0.507 e. The Morgan fingerprint density at radius 1 is 1.10 bits per heavy atom. The molecule has 2 N–H and O–H groups in total. The number of methoxy groups -OCH3 is 1. The van der Waals surface area contributed by atoms with E-state index >= 15 is 0 Å². The van der Waals surface area contributed by atoms with Crippen LogP contribution in [-0.4, -0.2) is 32.6 Å². The summed E-state index contributed by atoms with van der Waals surface area (Å²) < 4.78 is 6.68. The summed E-state index contributed by atoms with van der Waals surface area (Å²) in [6.07, 6.45) is 5.11. The van der Waals surface area contributed by atoms with Crippen LogP contribution in [0.25, 0.3) is 27.7 Å². The molecule has 5 aromatic rings. The molecule has 7 heteroatoms. The lowest BCUT2D eigenvalue weighted by atomic mass is 10.0. The number of aromatic hydroxyl groups is 1. The van der Waals surface area contributed by atoms with Crippen LogP contribution in [0, 0.1) is 0 Å². The number of imidazole rings is 1. The van der Waals surface area contributed by atoms with Gasteiger partial charge in [-0.1, -0.05) is 36.4 Å². The van der Waals surface area contributed by atoms with Crippen LogP contribution < -0.4 is 5.32 Å². The summed E-state index contributed by atoms with van der Waals surface area (Å²) in [5.74, 6) is 0.352. The Morgan fingerprint density at radius 3 is 2.84 bits per heavy atom. The van der Waals surface area contributed by atoms with Crippen molar-refractivity contribution in [1.82, 2.24) is 14.4 Å². The van der Waals surface area contributed by atoms with E-state index in [0.29, 0.717) is 34.0 Å². The van der Waals surface area contributed by atoms with Crippen LogP contribution in [0.5, 0.6) is 5.75 Å². The highest BCUT2D eigenvalue weighted by Crippen LogP contribution is 2.40. The van der Waals surface area contributed by atoms with Crippen LogP contribution in [0.4, 0.5) is 11.5 Å². The smallest absolute Gasteiger partial charge is 0.337 e. The van der Waals surface area contributed by atoms with Crippen LogP contribution in [0.15, 0.2) is 79.3 Å². The molecule has 0 saturated carbocycles. The average molecular weight is 410 g/mol. The zero-order valence-corrected chi connectivity index (χ0v) is 16.6. The molecule has 31 heavy (non-hydrogen) atoms. The highest BCUT2D eigenvalue weighted by molar-refractivity contribution is 6.02. The number of aromatic nitrogens is 3. The summed E-state index contributed by atoms with van der Waals surface area (Å²) in [6.45, 7) is 0. The van der Waals surface area contributed by atoms with E-state index in [-0.39, 0.29) is 5.75 Å². The molecule has 2 heterocycles. The number of anilines is 2. The summed E-state index contributed by atoms with van der Waals surface area (Å²) in [7, 11) is 1.35. The molecule has 0 amide bonds. The Kier molecular flexibility index (Phi) is 4.48. The SMILES string of the molecule is COC(=O)c1cccc(Nc2c(-c3c(O)ccc4ccccc34)nc3cnccn23)c1. The number of phenols is 1. The van der Waals surface area contributed by atoms with E-state index in [1.165, 1.54) is 7.11 Å². The number of esters is 1. The van der Waals surface area contributed by atoms with Gasteiger partial charge in [0.15, 0.2) is 5.65 Å². The molecule has 7 nitrogen and oxygen atoms in total. The zero-order chi connectivity index (χ0) is 21.4. The molecule has 0 saturated heterocycles. The van der Waals surface area contributed by atoms with E-state index in [4.69, 9.17) is 9.72 Å². The molecule has 0 fully saturated rings.